The van der Waals surface area contributed by atoms with E-state index < -0.39 is 4.92 Å². The van der Waals surface area contributed by atoms with Gasteiger partial charge in [-0.15, -0.1) is 11.3 Å². The van der Waals surface area contributed by atoms with Crippen molar-refractivity contribution >= 4 is 38.8 Å². The van der Waals surface area contributed by atoms with E-state index in [4.69, 9.17) is 11.6 Å². The molecule has 0 atom stereocenters. The van der Waals surface area contributed by atoms with Crippen LogP contribution in [0.1, 0.15) is 0 Å². The minimum absolute atomic E-state index is 0.0626. The monoisotopic (exact) mass is 290 g/mol. The van der Waals surface area contributed by atoms with Gasteiger partial charge in [-0.2, -0.15) is 0 Å². The van der Waals surface area contributed by atoms with Crippen molar-refractivity contribution in [3.05, 3.63) is 57.6 Å². The van der Waals surface area contributed by atoms with E-state index in [1.165, 1.54) is 17.4 Å². The van der Waals surface area contributed by atoms with E-state index in [-0.39, 0.29) is 5.69 Å². The van der Waals surface area contributed by atoms with Crippen molar-refractivity contribution in [2.24, 2.45) is 0 Å². The number of nitro benzene ring substituents is 1. The number of para-hydroxylation sites is 1. The maximum atomic E-state index is 11.0. The van der Waals surface area contributed by atoms with Crippen LogP contribution in [0.5, 0.6) is 0 Å². The number of thiazole rings is 1. The lowest BCUT2D eigenvalue weighted by atomic mass is 10.2. The molecule has 0 aliphatic rings. The smallest absolute Gasteiger partial charge is 0.258 e. The zero-order valence-corrected chi connectivity index (χ0v) is 11.1. The SMILES string of the molecule is O=[N+]([O-])c1ccccc1-c1nc2cc(Cl)ccc2s1. The van der Waals surface area contributed by atoms with Gasteiger partial charge in [-0.25, -0.2) is 4.98 Å². The average molecular weight is 291 g/mol. The normalized spacial score (nSPS) is 10.8. The third kappa shape index (κ3) is 2.18. The zero-order valence-electron chi connectivity index (χ0n) is 9.54. The Morgan fingerprint density at radius 3 is 2.79 bits per heavy atom. The van der Waals surface area contributed by atoms with Crippen LogP contribution in [-0.2, 0) is 0 Å². The largest absolute Gasteiger partial charge is 0.279 e. The van der Waals surface area contributed by atoms with Gasteiger partial charge in [-0.05, 0) is 24.3 Å². The molecular weight excluding hydrogens is 284 g/mol. The standard InChI is InChI=1S/C13H7ClN2O2S/c14-8-5-6-12-10(7-8)15-13(19-12)9-3-1-2-4-11(9)16(17)18/h1-7H. The van der Waals surface area contributed by atoms with Gasteiger partial charge in [-0.3, -0.25) is 10.1 Å². The van der Waals surface area contributed by atoms with E-state index in [1.807, 2.05) is 6.07 Å². The molecule has 94 valence electrons. The molecular formula is C13H7ClN2O2S. The molecule has 0 amide bonds. The molecule has 4 nitrogen and oxygen atoms in total. The number of hydrogen-bond donors (Lipinski definition) is 0. The van der Waals surface area contributed by atoms with E-state index in [2.05, 4.69) is 4.98 Å². The van der Waals surface area contributed by atoms with Gasteiger partial charge in [0.05, 0.1) is 20.7 Å². The maximum Gasteiger partial charge on any atom is 0.279 e. The lowest BCUT2D eigenvalue weighted by molar-refractivity contribution is -0.384. The Morgan fingerprint density at radius 2 is 2.00 bits per heavy atom. The Bertz CT molecular complexity index is 785. The second kappa shape index (κ2) is 4.60. The number of fused-ring (bicyclic) bond motifs is 1. The molecule has 0 N–H and O–H groups in total. The summed E-state index contributed by atoms with van der Waals surface area (Å²) in [5.74, 6) is 0. The Balaban J connectivity index is 2.22. The first-order chi connectivity index (χ1) is 9.15. The minimum atomic E-state index is -0.394. The van der Waals surface area contributed by atoms with Crippen LogP contribution in [0.4, 0.5) is 5.69 Å². The average Bonchev–Trinajstić information content (AvgIpc) is 2.81. The summed E-state index contributed by atoms with van der Waals surface area (Å²) < 4.78 is 0.956. The Kier molecular flexibility index (Phi) is 2.93. The molecule has 0 saturated heterocycles. The maximum absolute atomic E-state index is 11.0. The molecule has 0 radical (unpaired) electrons. The van der Waals surface area contributed by atoms with Crippen molar-refractivity contribution in [3.63, 3.8) is 0 Å². The predicted molar refractivity (Wildman–Crippen MR) is 76.7 cm³/mol. The van der Waals surface area contributed by atoms with Crippen LogP contribution in [0.2, 0.25) is 5.02 Å². The highest BCUT2D eigenvalue weighted by Crippen LogP contribution is 2.35. The van der Waals surface area contributed by atoms with E-state index >= 15 is 0 Å². The van der Waals surface area contributed by atoms with Gasteiger partial charge in [0.15, 0.2) is 0 Å². The van der Waals surface area contributed by atoms with Gasteiger partial charge >= 0.3 is 0 Å². The lowest BCUT2D eigenvalue weighted by Crippen LogP contribution is -1.90. The summed E-state index contributed by atoms with van der Waals surface area (Å²) in [5, 5.41) is 12.3. The molecule has 0 bridgehead atoms. The summed E-state index contributed by atoms with van der Waals surface area (Å²) >= 11 is 7.33. The zero-order chi connectivity index (χ0) is 13.4. The number of nitrogens with zero attached hydrogens (tertiary/aromatic N) is 2. The molecule has 19 heavy (non-hydrogen) atoms. The van der Waals surface area contributed by atoms with Crippen LogP contribution in [0.3, 0.4) is 0 Å². The summed E-state index contributed by atoms with van der Waals surface area (Å²) in [6, 6.07) is 12.0. The topological polar surface area (TPSA) is 56.0 Å². The first kappa shape index (κ1) is 12.1. The van der Waals surface area contributed by atoms with Crippen molar-refractivity contribution in [1.82, 2.24) is 4.98 Å². The lowest BCUT2D eigenvalue weighted by Gasteiger charge is -1.97. The Morgan fingerprint density at radius 1 is 1.21 bits per heavy atom. The number of rotatable bonds is 2. The predicted octanol–water partition coefficient (Wildman–Crippen LogP) is 4.52. The summed E-state index contributed by atoms with van der Waals surface area (Å²) in [6.45, 7) is 0. The van der Waals surface area contributed by atoms with E-state index in [0.29, 0.717) is 15.6 Å². The highest BCUT2D eigenvalue weighted by molar-refractivity contribution is 7.21. The molecule has 3 rings (SSSR count). The van der Waals surface area contributed by atoms with Crippen molar-refractivity contribution in [2.75, 3.05) is 0 Å². The van der Waals surface area contributed by atoms with Gasteiger partial charge in [0.25, 0.3) is 5.69 Å². The molecule has 0 saturated carbocycles. The van der Waals surface area contributed by atoms with Crippen LogP contribution in [-0.4, -0.2) is 9.91 Å². The first-order valence-corrected chi connectivity index (χ1v) is 6.64. The number of hydrogen-bond acceptors (Lipinski definition) is 4. The van der Waals surface area contributed by atoms with Crippen LogP contribution < -0.4 is 0 Å². The molecule has 3 aromatic rings. The van der Waals surface area contributed by atoms with Crippen molar-refractivity contribution < 1.29 is 4.92 Å². The second-order valence-electron chi connectivity index (χ2n) is 3.91. The van der Waals surface area contributed by atoms with Gasteiger partial charge < -0.3 is 0 Å². The fraction of sp³-hybridized carbons (Fsp3) is 0. The number of nitro groups is 1. The molecule has 0 unspecified atom stereocenters. The van der Waals surface area contributed by atoms with E-state index in [0.717, 1.165) is 10.2 Å². The van der Waals surface area contributed by atoms with Gasteiger partial charge in [0, 0.05) is 11.1 Å². The third-order valence-electron chi connectivity index (χ3n) is 2.68. The van der Waals surface area contributed by atoms with Crippen LogP contribution in [0.15, 0.2) is 42.5 Å². The quantitative estimate of drug-likeness (QED) is 0.515. The van der Waals surface area contributed by atoms with Crippen LogP contribution >= 0.6 is 22.9 Å². The molecule has 0 aliphatic heterocycles. The van der Waals surface area contributed by atoms with E-state index in [9.17, 15) is 10.1 Å². The van der Waals surface area contributed by atoms with Crippen molar-refractivity contribution in [2.45, 2.75) is 0 Å². The fourth-order valence-electron chi connectivity index (χ4n) is 1.83. The van der Waals surface area contributed by atoms with Gasteiger partial charge in [0.1, 0.15) is 5.01 Å². The fourth-order valence-corrected chi connectivity index (χ4v) is 2.98. The molecule has 2 aromatic carbocycles. The second-order valence-corrected chi connectivity index (χ2v) is 5.37. The first-order valence-electron chi connectivity index (χ1n) is 5.45. The van der Waals surface area contributed by atoms with Gasteiger partial charge in [0.2, 0.25) is 0 Å². The number of halogens is 1. The molecule has 0 spiro atoms. The number of benzene rings is 2. The molecule has 0 aliphatic carbocycles. The molecule has 6 heteroatoms. The summed E-state index contributed by atoms with van der Waals surface area (Å²) in [5.41, 5.74) is 1.35. The molecule has 1 aromatic heterocycles. The number of aromatic nitrogens is 1. The summed E-state index contributed by atoms with van der Waals surface area (Å²) in [7, 11) is 0. The summed E-state index contributed by atoms with van der Waals surface area (Å²) in [6.07, 6.45) is 0. The Hall–Kier alpha value is -1.98. The Labute approximate surface area is 117 Å². The van der Waals surface area contributed by atoms with Crippen LogP contribution in [0.25, 0.3) is 20.8 Å². The van der Waals surface area contributed by atoms with E-state index in [1.54, 1.807) is 30.3 Å². The molecule has 1 heterocycles. The highest BCUT2D eigenvalue weighted by atomic mass is 35.5. The van der Waals surface area contributed by atoms with Crippen LogP contribution in [0, 0.1) is 10.1 Å². The third-order valence-corrected chi connectivity index (χ3v) is 3.99. The van der Waals surface area contributed by atoms with Crippen molar-refractivity contribution in [3.8, 4) is 10.6 Å². The van der Waals surface area contributed by atoms with Gasteiger partial charge in [-0.1, -0.05) is 23.7 Å². The van der Waals surface area contributed by atoms with Crippen molar-refractivity contribution in [1.29, 1.82) is 0 Å². The highest BCUT2D eigenvalue weighted by Gasteiger charge is 2.17. The molecule has 0 fully saturated rings. The minimum Gasteiger partial charge on any atom is -0.258 e. The summed E-state index contributed by atoms with van der Waals surface area (Å²) in [4.78, 5) is 15.0.